The van der Waals surface area contributed by atoms with Crippen molar-refractivity contribution in [3.05, 3.63) is 125 Å². The van der Waals surface area contributed by atoms with Gasteiger partial charge in [-0.1, -0.05) is 84.9 Å². The molecular weight excluding hydrogens is 440 g/mol. The fraction of sp³-hybridized carbons (Fsp3) is 0.0345. The van der Waals surface area contributed by atoms with Gasteiger partial charge in [0.1, 0.15) is 12.4 Å². The number of hydrogen-bond acceptors (Lipinski definition) is 4. The second-order valence-corrected chi connectivity index (χ2v) is 8.74. The molecular formula is C29H22N2O2S. The lowest BCUT2D eigenvalue weighted by Gasteiger charge is -2.12. The Labute approximate surface area is 203 Å². The number of carbonyl (C=O) groups excluding carboxylic acids is 1. The number of amidine groups is 1. The van der Waals surface area contributed by atoms with E-state index in [9.17, 15) is 4.79 Å². The standard InChI is InChI=1S/C29H22N2O2S/c32-28-27(34-29(31-28)30-25-14-8-3-9-15-25)19-24-18-23(22-12-6-2-7-13-22)16-17-26(24)33-20-21-10-4-1-5-11-21/h1-19H,20H2,(H,30,31,32). The van der Waals surface area contributed by atoms with Crippen LogP contribution in [-0.2, 0) is 11.4 Å². The molecule has 1 amide bonds. The van der Waals surface area contributed by atoms with Crippen molar-refractivity contribution in [2.75, 3.05) is 0 Å². The van der Waals surface area contributed by atoms with Crippen molar-refractivity contribution in [3.63, 3.8) is 0 Å². The predicted molar refractivity (Wildman–Crippen MR) is 140 cm³/mol. The summed E-state index contributed by atoms with van der Waals surface area (Å²) in [5.74, 6) is 0.552. The summed E-state index contributed by atoms with van der Waals surface area (Å²) in [5.41, 5.74) is 4.88. The van der Waals surface area contributed by atoms with Crippen molar-refractivity contribution in [1.82, 2.24) is 5.32 Å². The van der Waals surface area contributed by atoms with Gasteiger partial charge in [-0.15, -0.1) is 0 Å². The average Bonchev–Trinajstić information content (AvgIpc) is 3.23. The molecule has 0 aromatic heterocycles. The summed E-state index contributed by atoms with van der Waals surface area (Å²) in [5, 5.41) is 3.42. The maximum atomic E-state index is 12.7. The Bertz CT molecular complexity index is 1350. The van der Waals surface area contributed by atoms with Crippen LogP contribution in [0.1, 0.15) is 11.1 Å². The van der Waals surface area contributed by atoms with Crippen LogP contribution >= 0.6 is 11.8 Å². The van der Waals surface area contributed by atoms with E-state index in [1.807, 2.05) is 97.1 Å². The van der Waals surface area contributed by atoms with E-state index in [1.165, 1.54) is 11.8 Å². The molecule has 1 heterocycles. The van der Waals surface area contributed by atoms with Crippen molar-refractivity contribution in [2.45, 2.75) is 6.61 Å². The Balaban J connectivity index is 1.46. The first-order valence-corrected chi connectivity index (χ1v) is 11.8. The second-order valence-electron chi connectivity index (χ2n) is 7.71. The quantitative estimate of drug-likeness (QED) is 0.320. The number of para-hydroxylation sites is 1. The first-order valence-electron chi connectivity index (χ1n) is 11.0. The van der Waals surface area contributed by atoms with Gasteiger partial charge in [-0.05, 0) is 58.8 Å². The van der Waals surface area contributed by atoms with Crippen LogP contribution in [0.15, 0.2) is 119 Å². The van der Waals surface area contributed by atoms with Gasteiger partial charge in [-0.3, -0.25) is 4.79 Å². The SMILES string of the molecule is O=C1NC(=Nc2ccccc2)SC1=Cc1cc(-c2ccccc2)ccc1OCc1ccccc1. The molecule has 0 spiro atoms. The predicted octanol–water partition coefficient (Wildman–Crippen LogP) is 6.82. The lowest BCUT2D eigenvalue weighted by Crippen LogP contribution is -2.19. The van der Waals surface area contributed by atoms with Crippen LogP contribution < -0.4 is 10.1 Å². The number of nitrogens with zero attached hydrogens (tertiary/aromatic N) is 1. The van der Waals surface area contributed by atoms with Crippen molar-refractivity contribution in [3.8, 4) is 16.9 Å². The summed E-state index contributed by atoms with van der Waals surface area (Å²) in [6.45, 7) is 0.446. The van der Waals surface area contributed by atoms with E-state index < -0.39 is 0 Å². The van der Waals surface area contributed by atoms with Crippen LogP contribution in [0.2, 0.25) is 0 Å². The van der Waals surface area contributed by atoms with Crippen molar-refractivity contribution in [1.29, 1.82) is 0 Å². The summed E-state index contributed by atoms with van der Waals surface area (Å²) in [4.78, 5) is 17.8. The van der Waals surface area contributed by atoms with E-state index in [-0.39, 0.29) is 5.91 Å². The first kappa shape index (κ1) is 21.7. The molecule has 1 aliphatic heterocycles. The molecule has 0 radical (unpaired) electrons. The zero-order valence-electron chi connectivity index (χ0n) is 18.3. The Hall–Kier alpha value is -4.09. The normalized spacial score (nSPS) is 15.5. The molecule has 34 heavy (non-hydrogen) atoms. The number of amides is 1. The van der Waals surface area contributed by atoms with E-state index >= 15 is 0 Å². The molecule has 4 nitrogen and oxygen atoms in total. The Kier molecular flexibility index (Phi) is 6.54. The Morgan fingerprint density at radius 2 is 1.47 bits per heavy atom. The fourth-order valence-electron chi connectivity index (χ4n) is 3.58. The lowest BCUT2D eigenvalue weighted by molar-refractivity contribution is -0.115. The topological polar surface area (TPSA) is 50.7 Å². The third-order valence-electron chi connectivity index (χ3n) is 5.28. The highest BCUT2D eigenvalue weighted by molar-refractivity contribution is 8.18. The number of nitrogens with one attached hydrogen (secondary N) is 1. The average molecular weight is 463 g/mol. The molecule has 5 rings (SSSR count). The number of ether oxygens (including phenoxy) is 1. The van der Waals surface area contributed by atoms with Gasteiger partial charge in [0.05, 0.1) is 10.6 Å². The third kappa shape index (κ3) is 5.27. The zero-order valence-corrected chi connectivity index (χ0v) is 19.2. The minimum atomic E-state index is -0.168. The van der Waals surface area contributed by atoms with E-state index in [0.29, 0.717) is 16.7 Å². The molecule has 1 N–H and O–H groups in total. The van der Waals surface area contributed by atoms with E-state index in [1.54, 1.807) is 0 Å². The molecule has 1 saturated heterocycles. The first-order chi connectivity index (χ1) is 16.7. The van der Waals surface area contributed by atoms with Gasteiger partial charge >= 0.3 is 0 Å². The van der Waals surface area contributed by atoms with Crippen LogP contribution in [0.25, 0.3) is 17.2 Å². The van der Waals surface area contributed by atoms with Gasteiger partial charge in [0, 0.05) is 5.56 Å². The molecule has 166 valence electrons. The van der Waals surface area contributed by atoms with E-state index in [0.717, 1.165) is 33.7 Å². The summed E-state index contributed by atoms with van der Waals surface area (Å²) >= 11 is 1.33. The van der Waals surface area contributed by atoms with Gasteiger partial charge in [0.2, 0.25) is 0 Å². The lowest BCUT2D eigenvalue weighted by atomic mass is 10.0. The van der Waals surface area contributed by atoms with Crippen LogP contribution in [0.5, 0.6) is 5.75 Å². The summed E-state index contributed by atoms with van der Waals surface area (Å²) in [6, 6.07) is 35.8. The minimum Gasteiger partial charge on any atom is -0.488 e. The molecule has 0 aliphatic carbocycles. The van der Waals surface area contributed by atoms with E-state index in [2.05, 4.69) is 28.5 Å². The van der Waals surface area contributed by atoms with Crippen LogP contribution in [0, 0.1) is 0 Å². The molecule has 0 atom stereocenters. The smallest absolute Gasteiger partial charge is 0.264 e. The molecule has 0 saturated carbocycles. The number of benzene rings is 4. The van der Waals surface area contributed by atoms with Crippen LogP contribution in [0.4, 0.5) is 5.69 Å². The molecule has 5 heteroatoms. The van der Waals surface area contributed by atoms with Crippen molar-refractivity contribution >= 4 is 34.6 Å². The maximum absolute atomic E-state index is 12.7. The molecule has 0 bridgehead atoms. The van der Waals surface area contributed by atoms with Gasteiger partial charge < -0.3 is 10.1 Å². The summed E-state index contributed by atoms with van der Waals surface area (Å²) < 4.78 is 6.17. The van der Waals surface area contributed by atoms with Crippen molar-refractivity contribution in [2.24, 2.45) is 4.99 Å². The largest absolute Gasteiger partial charge is 0.488 e. The number of thioether (sulfide) groups is 1. The van der Waals surface area contributed by atoms with Gasteiger partial charge in [-0.25, -0.2) is 4.99 Å². The van der Waals surface area contributed by atoms with Crippen molar-refractivity contribution < 1.29 is 9.53 Å². The van der Waals surface area contributed by atoms with Crippen LogP contribution in [-0.4, -0.2) is 11.1 Å². The molecule has 1 fully saturated rings. The molecule has 4 aromatic carbocycles. The Morgan fingerprint density at radius 1 is 0.794 bits per heavy atom. The highest BCUT2D eigenvalue weighted by atomic mass is 32.2. The highest BCUT2D eigenvalue weighted by Gasteiger charge is 2.24. The number of hydrogen-bond donors (Lipinski definition) is 1. The molecule has 4 aromatic rings. The second kappa shape index (κ2) is 10.2. The van der Waals surface area contributed by atoms with Crippen LogP contribution in [0.3, 0.4) is 0 Å². The zero-order chi connectivity index (χ0) is 23.2. The van der Waals surface area contributed by atoms with Gasteiger partial charge in [0.15, 0.2) is 5.17 Å². The number of aliphatic imine (C=N–C) groups is 1. The monoisotopic (exact) mass is 462 g/mol. The van der Waals surface area contributed by atoms with E-state index in [4.69, 9.17) is 4.74 Å². The molecule has 1 aliphatic rings. The minimum absolute atomic E-state index is 0.168. The number of carbonyl (C=O) groups is 1. The maximum Gasteiger partial charge on any atom is 0.264 e. The van der Waals surface area contributed by atoms with Gasteiger partial charge in [-0.2, -0.15) is 0 Å². The third-order valence-corrected chi connectivity index (χ3v) is 6.19. The summed E-state index contributed by atoms with van der Waals surface area (Å²) in [6.07, 6.45) is 1.88. The van der Waals surface area contributed by atoms with Gasteiger partial charge in [0.25, 0.3) is 5.91 Å². The highest BCUT2D eigenvalue weighted by Crippen LogP contribution is 2.33. The molecule has 0 unspecified atom stereocenters. The number of rotatable bonds is 6. The fourth-order valence-corrected chi connectivity index (χ4v) is 4.41. The Morgan fingerprint density at radius 3 is 2.21 bits per heavy atom. The summed E-state index contributed by atoms with van der Waals surface area (Å²) in [7, 11) is 0.